The highest BCUT2D eigenvalue weighted by Crippen LogP contribution is 2.40. The Kier molecular flexibility index (Phi) is 3.07. The van der Waals surface area contributed by atoms with Crippen LogP contribution in [0.25, 0.3) is 10.9 Å². The van der Waals surface area contributed by atoms with Crippen molar-refractivity contribution in [3.05, 3.63) is 35.5 Å². The number of fused-ring (bicyclic) bond motifs is 1. The zero-order valence-electron chi connectivity index (χ0n) is 11.2. The largest absolute Gasteiger partial charge is 0.481 e. The van der Waals surface area contributed by atoms with Crippen LogP contribution in [-0.4, -0.2) is 15.6 Å². The molecule has 1 N–H and O–H groups in total. The van der Waals surface area contributed by atoms with Crippen molar-refractivity contribution in [1.82, 2.24) is 4.57 Å². The first-order chi connectivity index (χ1) is 9.06. The van der Waals surface area contributed by atoms with E-state index >= 15 is 0 Å². The smallest absolute Gasteiger partial charge is 0.417 e. The Labute approximate surface area is 113 Å². The third-order valence-corrected chi connectivity index (χ3v) is 3.53. The first-order valence-corrected chi connectivity index (χ1v) is 5.96. The summed E-state index contributed by atoms with van der Waals surface area (Å²) in [5.41, 5.74) is -1.68. The quantitative estimate of drug-likeness (QED) is 0.916. The van der Waals surface area contributed by atoms with Crippen LogP contribution in [0.4, 0.5) is 13.2 Å². The predicted octanol–water partition coefficient (Wildman–Crippen LogP) is 3.56. The van der Waals surface area contributed by atoms with Gasteiger partial charge in [-0.25, -0.2) is 0 Å². The van der Waals surface area contributed by atoms with Gasteiger partial charge in [0, 0.05) is 24.1 Å². The summed E-state index contributed by atoms with van der Waals surface area (Å²) in [6, 6.07) is 3.85. The number of hydrogen-bond acceptors (Lipinski definition) is 1. The molecule has 0 aliphatic carbocycles. The number of halogens is 3. The van der Waals surface area contributed by atoms with Gasteiger partial charge in [0.2, 0.25) is 0 Å². The number of benzene rings is 1. The van der Waals surface area contributed by atoms with Gasteiger partial charge in [-0.1, -0.05) is 6.07 Å². The van der Waals surface area contributed by atoms with Crippen LogP contribution < -0.4 is 0 Å². The molecule has 20 heavy (non-hydrogen) atoms. The Morgan fingerprint density at radius 1 is 1.20 bits per heavy atom. The van der Waals surface area contributed by atoms with Crippen LogP contribution in [0.3, 0.4) is 0 Å². The molecule has 0 unspecified atom stereocenters. The number of carboxylic acids is 1. The van der Waals surface area contributed by atoms with E-state index in [-0.39, 0.29) is 10.9 Å². The molecule has 1 aromatic carbocycles. The predicted molar refractivity (Wildman–Crippen MR) is 68.6 cm³/mol. The van der Waals surface area contributed by atoms with E-state index in [0.29, 0.717) is 5.52 Å². The molecule has 0 aliphatic rings. The summed E-state index contributed by atoms with van der Waals surface area (Å²) in [6.45, 7) is 2.80. The van der Waals surface area contributed by atoms with E-state index in [1.54, 1.807) is 13.1 Å². The lowest BCUT2D eigenvalue weighted by molar-refractivity contribution is -0.142. The Morgan fingerprint density at radius 3 is 2.30 bits per heavy atom. The molecule has 0 spiro atoms. The molecule has 1 aromatic heterocycles. The van der Waals surface area contributed by atoms with Gasteiger partial charge in [-0.05, 0) is 31.5 Å². The van der Waals surface area contributed by atoms with Gasteiger partial charge in [-0.3, -0.25) is 4.79 Å². The molecule has 2 rings (SSSR count). The number of carboxylic acid groups (broad SMARTS) is 1. The van der Waals surface area contributed by atoms with Crippen molar-refractivity contribution in [3.63, 3.8) is 0 Å². The first-order valence-electron chi connectivity index (χ1n) is 5.96. The third-order valence-electron chi connectivity index (χ3n) is 3.53. The number of hydrogen-bond donors (Lipinski definition) is 1. The average Bonchev–Trinajstić information content (AvgIpc) is 2.66. The first kappa shape index (κ1) is 14.4. The number of rotatable bonds is 2. The molecule has 6 heteroatoms. The number of aryl methyl sites for hydroxylation is 1. The summed E-state index contributed by atoms with van der Waals surface area (Å²) in [4.78, 5) is 11.3. The molecule has 3 nitrogen and oxygen atoms in total. The van der Waals surface area contributed by atoms with E-state index in [4.69, 9.17) is 0 Å². The van der Waals surface area contributed by atoms with Gasteiger partial charge in [0.25, 0.3) is 0 Å². The summed E-state index contributed by atoms with van der Waals surface area (Å²) < 4.78 is 40.9. The molecule has 108 valence electrons. The van der Waals surface area contributed by atoms with E-state index in [1.807, 2.05) is 0 Å². The van der Waals surface area contributed by atoms with Crippen molar-refractivity contribution in [3.8, 4) is 0 Å². The van der Waals surface area contributed by atoms with Crippen LogP contribution in [-0.2, 0) is 23.4 Å². The zero-order valence-corrected chi connectivity index (χ0v) is 11.2. The number of nitrogens with zero attached hydrogens (tertiary/aromatic N) is 1. The maximum Gasteiger partial charge on any atom is 0.417 e. The molecular formula is C14H14F3NO2. The van der Waals surface area contributed by atoms with Crippen molar-refractivity contribution >= 4 is 16.9 Å². The highest BCUT2D eigenvalue weighted by Gasteiger charge is 2.38. The molecular weight excluding hydrogens is 271 g/mol. The Morgan fingerprint density at radius 2 is 1.80 bits per heavy atom. The fourth-order valence-electron chi connectivity index (χ4n) is 2.27. The summed E-state index contributed by atoms with van der Waals surface area (Å²) in [5.74, 6) is -1.16. The van der Waals surface area contributed by atoms with E-state index in [1.165, 1.54) is 30.7 Å². The molecule has 0 bridgehead atoms. The van der Waals surface area contributed by atoms with Gasteiger partial charge in [0.15, 0.2) is 0 Å². The Bertz CT molecular complexity index is 684. The molecule has 0 radical (unpaired) electrons. The van der Waals surface area contributed by atoms with Gasteiger partial charge in [-0.15, -0.1) is 0 Å². The summed E-state index contributed by atoms with van der Waals surface area (Å²) >= 11 is 0. The van der Waals surface area contributed by atoms with Crippen LogP contribution in [0.1, 0.15) is 25.0 Å². The lowest BCUT2D eigenvalue weighted by Crippen LogP contribution is -2.28. The van der Waals surface area contributed by atoms with Crippen molar-refractivity contribution in [2.75, 3.05) is 0 Å². The van der Waals surface area contributed by atoms with E-state index in [2.05, 4.69) is 0 Å². The SMILES string of the molecule is Cn1cc(C(C)(C)C(=O)O)c2c(C(F)(F)F)cccc21. The molecule has 0 saturated heterocycles. The second-order valence-electron chi connectivity index (χ2n) is 5.28. The topological polar surface area (TPSA) is 42.2 Å². The minimum Gasteiger partial charge on any atom is -0.481 e. The fraction of sp³-hybridized carbons (Fsp3) is 0.357. The van der Waals surface area contributed by atoms with E-state index in [9.17, 15) is 23.1 Å². The second-order valence-corrected chi connectivity index (χ2v) is 5.28. The number of aromatic nitrogens is 1. The highest BCUT2D eigenvalue weighted by molar-refractivity contribution is 5.94. The van der Waals surface area contributed by atoms with Crippen molar-refractivity contribution < 1.29 is 23.1 Å². The van der Waals surface area contributed by atoms with E-state index in [0.717, 1.165) is 6.07 Å². The van der Waals surface area contributed by atoms with Crippen molar-refractivity contribution in [2.45, 2.75) is 25.4 Å². The molecule has 0 saturated carbocycles. The monoisotopic (exact) mass is 285 g/mol. The van der Waals surface area contributed by atoms with E-state index < -0.39 is 23.1 Å². The summed E-state index contributed by atoms with van der Waals surface area (Å²) in [5, 5.41) is 9.22. The zero-order chi connectivity index (χ0) is 15.3. The van der Waals surface area contributed by atoms with Gasteiger partial charge in [-0.2, -0.15) is 13.2 Å². The summed E-state index contributed by atoms with van der Waals surface area (Å²) in [6.07, 6.45) is -3.07. The highest BCUT2D eigenvalue weighted by atomic mass is 19.4. The number of aliphatic carboxylic acids is 1. The van der Waals surface area contributed by atoms with Gasteiger partial charge < -0.3 is 9.67 Å². The van der Waals surface area contributed by atoms with Crippen molar-refractivity contribution in [1.29, 1.82) is 0 Å². The Hall–Kier alpha value is -1.98. The maximum absolute atomic E-state index is 13.1. The van der Waals surface area contributed by atoms with Gasteiger partial charge in [0.05, 0.1) is 11.0 Å². The van der Waals surface area contributed by atoms with Crippen molar-refractivity contribution in [2.24, 2.45) is 7.05 Å². The second kappa shape index (κ2) is 4.26. The van der Waals surface area contributed by atoms with Crippen LogP contribution in [0.2, 0.25) is 0 Å². The lowest BCUT2D eigenvalue weighted by Gasteiger charge is -2.20. The lowest BCUT2D eigenvalue weighted by atomic mass is 9.83. The molecule has 0 amide bonds. The minimum absolute atomic E-state index is 0.0464. The third kappa shape index (κ3) is 2.05. The van der Waals surface area contributed by atoms with Crippen LogP contribution in [0.5, 0.6) is 0 Å². The molecule has 0 aliphatic heterocycles. The Balaban J connectivity index is 2.91. The standard InChI is InChI=1S/C14H14F3NO2/c1-13(2,12(19)20)9-7-18(3)10-6-4-5-8(11(9)10)14(15,16)17/h4-7H,1-3H3,(H,19,20). The molecule has 0 fully saturated rings. The van der Waals surface area contributed by atoms with Gasteiger partial charge in [0.1, 0.15) is 0 Å². The normalized spacial score (nSPS) is 12.9. The number of carbonyl (C=O) groups is 1. The average molecular weight is 285 g/mol. The molecule has 2 aromatic rings. The van der Waals surface area contributed by atoms with Crippen LogP contribution in [0.15, 0.2) is 24.4 Å². The fourth-order valence-corrected chi connectivity index (χ4v) is 2.27. The minimum atomic E-state index is -4.52. The number of alkyl halides is 3. The molecule has 0 atom stereocenters. The molecule has 1 heterocycles. The maximum atomic E-state index is 13.1. The summed E-state index contributed by atoms with van der Waals surface area (Å²) in [7, 11) is 1.60. The van der Waals surface area contributed by atoms with Crippen LogP contribution in [0, 0.1) is 0 Å². The van der Waals surface area contributed by atoms with Crippen LogP contribution >= 0.6 is 0 Å². The van der Waals surface area contributed by atoms with Gasteiger partial charge >= 0.3 is 12.1 Å².